The van der Waals surface area contributed by atoms with Crippen molar-refractivity contribution in [2.75, 3.05) is 6.61 Å². The van der Waals surface area contributed by atoms with Gasteiger partial charge in [-0.25, -0.2) is 10.9 Å². The summed E-state index contributed by atoms with van der Waals surface area (Å²) in [4.78, 5) is 16.3. The minimum atomic E-state index is -0.107. The SMILES string of the molecule is CC1C(NC(=O)CCCOc2ccccc2Br)NNC1c1ccncc1. The van der Waals surface area contributed by atoms with Crippen molar-refractivity contribution in [3.63, 3.8) is 0 Å². The molecule has 1 saturated heterocycles. The lowest BCUT2D eigenvalue weighted by atomic mass is 9.95. The number of hydrogen-bond acceptors (Lipinski definition) is 5. The number of nitrogens with one attached hydrogen (secondary N) is 3. The molecule has 6 nitrogen and oxygen atoms in total. The van der Waals surface area contributed by atoms with Gasteiger partial charge >= 0.3 is 0 Å². The molecule has 3 N–H and O–H groups in total. The molecule has 7 heteroatoms. The minimum Gasteiger partial charge on any atom is -0.492 e. The van der Waals surface area contributed by atoms with E-state index in [9.17, 15) is 4.79 Å². The summed E-state index contributed by atoms with van der Waals surface area (Å²) in [7, 11) is 0. The van der Waals surface area contributed by atoms with Crippen LogP contribution in [0, 0.1) is 5.92 Å². The van der Waals surface area contributed by atoms with Gasteiger partial charge in [0.2, 0.25) is 5.91 Å². The van der Waals surface area contributed by atoms with E-state index in [2.05, 4.69) is 44.0 Å². The van der Waals surface area contributed by atoms with Crippen LogP contribution in [0.15, 0.2) is 53.3 Å². The number of nitrogens with zero attached hydrogens (tertiary/aromatic N) is 1. The molecule has 2 aromatic rings. The third kappa shape index (κ3) is 4.81. The van der Waals surface area contributed by atoms with Gasteiger partial charge in [-0.3, -0.25) is 9.78 Å². The lowest BCUT2D eigenvalue weighted by Gasteiger charge is -2.19. The van der Waals surface area contributed by atoms with Gasteiger partial charge in [0, 0.05) is 24.7 Å². The van der Waals surface area contributed by atoms with Crippen molar-refractivity contribution >= 4 is 21.8 Å². The highest BCUT2D eigenvalue weighted by Gasteiger charge is 2.33. The molecule has 0 saturated carbocycles. The van der Waals surface area contributed by atoms with Gasteiger partial charge in [0.1, 0.15) is 5.75 Å². The molecular formula is C19H23BrN4O2. The Morgan fingerprint density at radius 2 is 2.00 bits per heavy atom. The summed E-state index contributed by atoms with van der Waals surface area (Å²) in [6.07, 6.45) is 4.54. The van der Waals surface area contributed by atoms with Gasteiger partial charge in [-0.15, -0.1) is 0 Å². The van der Waals surface area contributed by atoms with Crippen molar-refractivity contribution in [1.82, 2.24) is 21.2 Å². The number of rotatable bonds is 7. The Labute approximate surface area is 161 Å². The van der Waals surface area contributed by atoms with Crippen LogP contribution in [0.1, 0.15) is 31.4 Å². The van der Waals surface area contributed by atoms with Gasteiger partial charge in [0.25, 0.3) is 0 Å². The van der Waals surface area contributed by atoms with Crippen LogP contribution in [0.3, 0.4) is 0 Å². The fraction of sp³-hybridized carbons (Fsp3) is 0.368. The maximum atomic E-state index is 12.2. The van der Waals surface area contributed by atoms with E-state index in [1.807, 2.05) is 36.4 Å². The molecule has 26 heavy (non-hydrogen) atoms. The highest BCUT2D eigenvalue weighted by atomic mass is 79.9. The monoisotopic (exact) mass is 418 g/mol. The highest BCUT2D eigenvalue weighted by molar-refractivity contribution is 9.10. The van der Waals surface area contributed by atoms with E-state index in [0.717, 1.165) is 15.8 Å². The Hall–Kier alpha value is -1.96. The first-order valence-electron chi connectivity index (χ1n) is 8.73. The summed E-state index contributed by atoms with van der Waals surface area (Å²) in [5, 5.41) is 3.05. The van der Waals surface area contributed by atoms with E-state index >= 15 is 0 Å². The molecule has 0 radical (unpaired) electrons. The molecule has 0 spiro atoms. The van der Waals surface area contributed by atoms with Crippen molar-refractivity contribution in [2.45, 2.75) is 32.0 Å². The Kier molecular flexibility index (Phi) is 6.60. The molecule has 0 bridgehead atoms. The number of ether oxygens (including phenoxy) is 1. The van der Waals surface area contributed by atoms with Crippen LogP contribution in [0.4, 0.5) is 0 Å². The third-order valence-electron chi connectivity index (χ3n) is 4.47. The fourth-order valence-electron chi connectivity index (χ4n) is 2.98. The zero-order valence-electron chi connectivity index (χ0n) is 14.6. The summed E-state index contributed by atoms with van der Waals surface area (Å²) in [5.41, 5.74) is 7.57. The number of hydrogen-bond donors (Lipinski definition) is 3. The molecule has 1 amide bonds. The lowest BCUT2D eigenvalue weighted by molar-refractivity contribution is -0.122. The van der Waals surface area contributed by atoms with Gasteiger partial charge in [-0.1, -0.05) is 19.1 Å². The van der Waals surface area contributed by atoms with Crippen molar-refractivity contribution in [2.24, 2.45) is 5.92 Å². The molecule has 1 fully saturated rings. The van der Waals surface area contributed by atoms with Crippen LogP contribution < -0.4 is 20.9 Å². The first kappa shape index (κ1) is 18.8. The summed E-state index contributed by atoms with van der Waals surface area (Å²) < 4.78 is 6.61. The molecule has 1 aromatic carbocycles. The largest absolute Gasteiger partial charge is 0.492 e. The van der Waals surface area contributed by atoms with Crippen LogP contribution in [0.25, 0.3) is 0 Å². The number of para-hydroxylation sites is 1. The van der Waals surface area contributed by atoms with E-state index in [0.29, 0.717) is 19.4 Å². The van der Waals surface area contributed by atoms with Crippen LogP contribution in [-0.2, 0) is 4.79 Å². The number of carbonyl (C=O) groups excluding carboxylic acids is 1. The minimum absolute atomic E-state index is 0.0160. The smallest absolute Gasteiger partial charge is 0.221 e. The Balaban J connectivity index is 1.40. The summed E-state index contributed by atoms with van der Waals surface area (Å²) in [6, 6.07) is 11.8. The number of carbonyl (C=O) groups is 1. The molecule has 3 rings (SSSR count). The second kappa shape index (κ2) is 9.12. The molecule has 3 unspecified atom stereocenters. The third-order valence-corrected chi connectivity index (χ3v) is 5.13. The zero-order chi connectivity index (χ0) is 18.4. The quantitative estimate of drug-likeness (QED) is 0.602. The summed E-state index contributed by atoms with van der Waals surface area (Å²) in [6.45, 7) is 2.61. The number of pyridine rings is 1. The van der Waals surface area contributed by atoms with Crippen LogP contribution in [0.5, 0.6) is 5.75 Å². The second-order valence-corrected chi connectivity index (χ2v) is 7.19. The average molecular weight is 419 g/mol. The van der Waals surface area contributed by atoms with Gasteiger partial charge in [0.15, 0.2) is 0 Å². The molecule has 0 aliphatic carbocycles. The maximum absolute atomic E-state index is 12.2. The first-order chi connectivity index (χ1) is 12.6. The van der Waals surface area contributed by atoms with E-state index in [1.165, 1.54) is 0 Å². The molecule has 1 aliphatic rings. The van der Waals surface area contributed by atoms with E-state index < -0.39 is 0 Å². The topological polar surface area (TPSA) is 75.3 Å². The normalized spacial score (nSPS) is 22.2. The van der Waals surface area contributed by atoms with Crippen molar-refractivity contribution in [3.8, 4) is 5.75 Å². The van der Waals surface area contributed by atoms with Crippen LogP contribution in [-0.4, -0.2) is 23.7 Å². The predicted octanol–water partition coefficient (Wildman–Crippen LogP) is 2.93. The van der Waals surface area contributed by atoms with Crippen molar-refractivity contribution < 1.29 is 9.53 Å². The van der Waals surface area contributed by atoms with Crippen molar-refractivity contribution in [3.05, 3.63) is 58.8 Å². The van der Waals surface area contributed by atoms with Crippen LogP contribution >= 0.6 is 15.9 Å². The highest BCUT2D eigenvalue weighted by Crippen LogP contribution is 2.27. The zero-order valence-corrected chi connectivity index (χ0v) is 16.2. The molecular weight excluding hydrogens is 396 g/mol. The van der Waals surface area contributed by atoms with Gasteiger partial charge in [-0.05, 0) is 52.2 Å². The van der Waals surface area contributed by atoms with Crippen molar-refractivity contribution in [1.29, 1.82) is 0 Å². The number of hydrazine groups is 1. The van der Waals surface area contributed by atoms with Crippen LogP contribution in [0.2, 0.25) is 0 Å². The Morgan fingerprint density at radius 1 is 1.23 bits per heavy atom. The predicted molar refractivity (Wildman–Crippen MR) is 103 cm³/mol. The van der Waals surface area contributed by atoms with E-state index in [4.69, 9.17) is 4.74 Å². The standard InChI is InChI=1S/C19H23BrN4O2/c1-13-18(14-8-10-21-11-9-14)23-24-19(13)22-17(25)7-4-12-26-16-6-3-2-5-15(16)20/h2-3,5-6,8-11,13,18-19,23-24H,4,7,12H2,1H3,(H,22,25). The molecule has 1 aliphatic heterocycles. The molecule has 2 heterocycles. The summed E-state index contributed by atoms with van der Waals surface area (Å²) in [5.74, 6) is 1.03. The number of halogens is 1. The summed E-state index contributed by atoms with van der Waals surface area (Å²) >= 11 is 3.44. The van der Waals surface area contributed by atoms with Gasteiger partial charge in [-0.2, -0.15) is 0 Å². The Bertz CT molecular complexity index is 728. The maximum Gasteiger partial charge on any atom is 0.221 e. The van der Waals surface area contributed by atoms with E-state index in [-0.39, 0.29) is 24.0 Å². The number of amides is 1. The number of benzene rings is 1. The van der Waals surface area contributed by atoms with E-state index in [1.54, 1.807) is 12.4 Å². The molecule has 1 aromatic heterocycles. The first-order valence-corrected chi connectivity index (χ1v) is 9.52. The fourth-order valence-corrected chi connectivity index (χ4v) is 3.38. The Morgan fingerprint density at radius 3 is 2.77 bits per heavy atom. The lowest BCUT2D eigenvalue weighted by Crippen LogP contribution is -2.46. The second-order valence-electron chi connectivity index (χ2n) is 6.33. The van der Waals surface area contributed by atoms with Gasteiger partial charge in [0.05, 0.1) is 23.3 Å². The van der Waals surface area contributed by atoms with Gasteiger partial charge < -0.3 is 10.1 Å². The molecule has 138 valence electrons. The molecule has 3 atom stereocenters. The number of aromatic nitrogens is 1. The average Bonchev–Trinajstić information content (AvgIpc) is 3.01.